The molecule has 4 heterocycles. The number of hydrogen-bond acceptors (Lipinski definition) is 5. The molecule has 24 heavy (non-hydrogen) atoms. The molecule has 0 radical (unpaired) electrons. The molecule has 4 aliphatic rings. The highest BCUT2D eigenvalue weighted by atomic mass is 32.2. The van der Waals surface area contributed by atoms with Crippen LogP contribution in [0.5, 0.6) is 0 Å². The van der Waals surface area contributed by atoms with E-state index in [4.69, 9.17) is 0 Å². The number of nitrogens with zero attached hydrogens (tertiary/aromatic N) is 5. The summed E-state index contributed by atoms with van der Waals surface area (Å²) < 4.78 is 1.87. The largest absolute Gasteiger partial charge is 0.340 e. The van der Waals surface area contributed by atoms with Crippen LogP contribution in [-0.4, -0.2) is 68.4 Å². The first-order valence-electron chi connectivity index (χ1n) is 9.17. The zero-order valence-corrected chi connectivity index (χ0v) is 15.2. The number of rotatable bonds is 5. The molecule has 1 aromatic rings. The topological polar surface area (TPSA) is 54.3 Å². The maximum atomic E-state index is 12.7. The molecule has 1 saturated carbocycles. The second-order valence-electron chi connectivity index (χ2n) is 7.66. The first-order valence-corrected chi connectivity index (χ1v) is 10.2. The molecule has 0 aromatic carbocycles. The summed E-state index contributed by atoms with van der Waals surface area (Å²) in [5.41, 5.74) is 0. The molecule has 3 saturated heterocycles. The van der Waals surface area contributed by atoms with Gasteiger partial charge in [-0.3, -0.25) is 9.69 Å². The fourth-order valence-electron chi connectivity index (χ4n) is 4.23. The van der Waals surface area contributed by atoms with E-state index in [1.54, 1.807) is 6.33 Å². The van der Waals surface area contributed by atoms with Crippen molar-refractivity contribution >= 4 is 17.7 Å². The average Bonchev–Trinajstić information content (AvgIpc) is 2.75. The van der Waals surface area contributed by atoms with Gasteiger partial charge in [0.2, 0.25) is 5.91 Å². The number of amides is 1. The van der Waals surface area contributed by atoms with Crippen LogP contribution in [0.3, 0.4) is 0 Å². The highest BCUT2D eigenvalue weighted by Crippen LogP contribution is 2.33. The van der Waals surface area contributed by atoms with Crippen LogP contribution in [-0.2, 0) is 11.8 Å². The first-order chi connectivity index (χ1) is 11.7. The van der Waals surface area contributed by atoms with Gasteiger partial charge in [-0.25, -0.2) is 0 Å². The Bertz CT molecular complexity index is 587. The number of piperidine rings is 1. The molecule has 0 unspecified atom stereocenters. The number of carbonyl (C=O) groups excluding carboxylic acids is 1. The Morgan fingerprint density at radius 3 is 2.83 bits per heavy atom. The number of thioether (sulfide) groups is 1. The van der Waals surface area contributed by atoms with Gasteiger partial charge in [0.1, 0.15) is 6.33 Å². The Balaban J connectivity index is 1.34. The SMILES string of the molecule is Cn1cnnc1SCC(=O)N1C[C@@H]2CC[C@H](C1)N(CC1CCC1)C2. The van der Waals surface area contributed by atoms with Crippen LogP contribution in [0, 0.1) is 11.8 Å². The van der Waals surface area contributed by atoms with Gasteiger partial charge in [-0.1, -0.05) is 18.2 Å². The van der Waals surface area contributed by atoms with Crippen molar-refractivity contribution in [1.82, 2.24) is 24.6 Å². The average molecular weight is 350 g/mol. The molecule has 5 rings (SSSR count). The van der Waals surface area contributed by atoms with Crippen molar-refractivity contribution in [2.24, 2.45) is 18.9 Å². The third-order valence-electron chi connectivity index (χ3n) is 5.89. The van der Waals surface area contributed by atoms with Gasteiger partial charge in [0.15, 0.2) is 5.16 Å². The highest BCUT2D eigenvalue weighted by Gasteiger charge is 2.37. The fraction of sp³-hybridized carbons (Fsp3) is 0.824. The molecule has 2 atom stereocenters. The van der Waals surface area contributed by atoms with E-state index >= 15 is 0 Å². The number of fused-ring (bicyclic) bond motifs is 4. The smallest absolute Gasteiger partial charge is 0.233 e. The summed E-state index contributed by atoms with van der Waals surface area (Å²) >= 11 is 1.49. The zero-order chi connectivity index (χ0) is 16.5. The second kappa shape index (κ2) is 7.04. The van der Waals surface area contributed by atoms with Crippen molar-refractivity contribution in [3.05, 3.63) is 6.33 Å². The minimum absolute atomic E-state index is 0.255. The Morgan fingerprint density at radius 2 is 2.12 bits per heavy atom. The van der Waals surface area contributed by atoms with Gasteiger partial charge < -0.3 is 9.47 Å². The molecule has 2 bridgehead atoms. The maximum absolute atomic E-state index is 12.7. The van der Waals surface area contributed by atoms with Crippen molar-refractivity contribution in [2.75, 3.05) is 31.9 Å². The van der Waals surface area contributed by atoms with Gasteiger partial charge in [0.25, 0.3) is 0 Å². The minimum atomic E-state index is 0.255. The molecule has 1 aliphatic carbocycles. The molecule has 132 valence electrons. The molecular formula is C17H27N5OS. The molecule has 0 N–H and O–H groups in total. The van der Waals surface area contributed by atoms with Crippen LogP contribution in [0.25, 0.3) is 0 Å². The molecule has 4 fully saturated rings. The molecule has 6 nitrogen and oxygen atoms in total. The standard InChI is InChI=1S/C17H27N5OS/c1-20-12-18-19-17(20)24-11-16(23)22-9-14-5-6-15(10-22)21(8-14)7-13-3-2-4-13/h12-15H,2-11H2,1H3/t14-,15-/m1/s1. The quantitative estimate of drug-likeness (QED) is 0.756. The summed E-state index contributed by atoms with van der Waals surface area (Å²) in [7, 11) is 1.91. The van der Waals surface area contributed by atoms with Crippen LogP contribution in [0.4, 0.5) is 0 Å². The molecule has 1 amide bonds. The van der Waals surface area contributed by atoms with Crippen molar-refractivity contribution in [3.63, 3.8) is 0 Å². The molecule has 1 aromatic heterocycles. The Labute approximate surface area is 148 Å². The lowest BCUT2D eigenvalue weighted by atomic mass is 9.83. The van der Waals surface area contributed by atoms with E-state index in [-0.39, 0.29) is 5.91 Å². The van der Waals surface area contributed by atoms with E-state index < -0.39 is 0 Å². The van der Waals surface area contributed by atoms with Gasteiger partial charge in [0, 0.05) is 39.3 Å². The molecular weight excluding hydrogens is 322 g/mol. The van der Waals surface area contributed by atoms with Crippen molar-refractivity contribution in [3.8, 4) is 0 Å². The van der Waals surface area contributed by atoms with Gasteiger partial charge in [-0.15, -0.1) is 10.2 Å². The van der Waals surface area contributed by atoms with E-state index in [9.17, 15) is 4.79 Å². The monoisotopic (exact) mass is 349 g/mol. The maximum Gasteiger partial charge on any atom is 0.233 e. The Hall–Kier alpha value is -1.08. The number of aromatic nitrogens is 3. The van der Waals surface area contributed by atoms with Crippen LogP contribution in [0.15, 0.2) is 11.5 Å². The number of carbonyl (C=O) groups is 1. The molecule has 0 spiro atoms. The Kier molecular flexibility index (Phi) is 4.81. The van der Waals surface area contributed by atoms with Crippen molar-refractivity contribution in [1.29, 1.82) is 0 Å². The van der Waals surface area contributed by atoms with Gasteiger partial charge in [-0.2, -0.15) is 0 Å². The van der Waals surface area contributed by atoms with Gasteiger partial charge >= 0.3 is 0 Å². The second-order valence-corrected chi connectivity index (χ2v) is 8.60. The molecule has 3 aliphatic heterocycles. The third-order valence-corrected chi connectivity index (χ3v) is 6.91. The lowest BCUT2D eigenvalue weighted by molar-refractivity contribution is -0.128. The van der Waals surface area contributed by atoms with Gasteiger partial charge in [-0.05, 0) is 37.5 Å². The van der Waals surface area contributed by atoms with Crippen molar-refractivity contribution < 1.29 is 4.79 Å². The normalized spacial score (nSPS) is 28.0. The fourth-order valence-corrected chi connectivity index (χ4v) is 5.02. The lowest BCUT2D eigenvalue weighted by Crippen LogP contribution is -2.47. The van der Waals surface area contributed by atoms with E-state index in [0.717, 1.165) is 24.2 Å². The van der Waals surface area contributed by atoms with Crippen LogP contribution >= 0.6 is 11.8 Å². The molecule has 7 heteroatoms. The summed E-state index contributed by atoms with van der Waals surface area (Å²) in [6, 6.07) is 0.577. The zero-order valence-electron chi connectivity index (χ0n) is 14.4. The summed E-state index contributed by atoms with van der Waals surface area (Å²) in [5, 5.41) is 8.74. The van der Waals surface area contributed by atoms with E-state index in [0.29, 0.717) is 17.7 Å². The van der Waals surface area contributed by atoms with E-state index in [1.807, 2.05) is 11.6 Å². The summed E-state index contributed by atoms with van der Waals surface area (Å²) in [6.45, 7) is 4.32. The first kappa shape index (κ1) is 16.4. The van der Waals surface area contributed by atoms with Gasteiger partial charge in [0.05, 0.1) is 5.75 Å². The van der Waals surface area contributed by atoms with Crippen LogP contribution in [0.2, 0.25) is 0 Å². The summed E-state index contributed by atoms with van der Waals surface area (Å²) in [6.07, 6.45) is 8.45. The van der Waals surface area contributed by atoms with Crippen molar-refractivity contribution in [2.45, 2.75) is 43.3 Å². The van der Waals surface area contributed by atoms with Crippen LogP contribution < -0.4 is 0 Å². The van der Waals surface area contributed by atoms with Crippen LogP contribution in [0.1, 0.15) is 32.1 Å². The highest BCUT2D eigenvalue weighted by molar-refractivity contribution is 7.99. The summed E-state index contributed by atoms with van der Waals surface area (Å²) in [4.78, 5) is 17.5. The Morgan fingerprint density at radius 1 is 1.25 bits per heavy atom. The number of hydrogen-bond donors (Lipinski definition) is 0. The van der Waals surface area contributed by atoms with E-state index in [2.05, 4.69) is 20.0 Å². The lowest BCUT2D eigenvalue weighted by Gasteiger charge is -2.40. The minimum Gasteiger partial charge on any atom is -0.340 e. The van der Waals surface area contributed by atoms with E-state index in [1.165, 1.54) is 57.0 Å². The predicted octanol–water partition coefficient (Wildman–Crippen LogP) is 1.63. The third kappa shape index (κ3) is 3.47. The summed E-state index contributed by atoms with van der Waals surface area (Å²) in [5.74, 6) is 2.30. The number of aryl methyl sites for hydroxylation is 1. The predicted molar refractivity (Wildman–Crippen MR) is 93.7 cm³/mol.